The van der Waals surface area contributed by atoms with Gasteiger partial charge in [-0.25, -0.2) is 4.98 Å². The van der Waals surface area contributed by atoms with E-state index in [-0.39, 0.29) is 0 Å². The highest BCUT2D eigenvalue weighted by molar-refractivity contribution is 5.77. The molecule has 0 saturated heterocycles. The molecule has 100 valence electrons. The molecule has 0 fully saturated rings. The van der Waals surface area contributed by atoms with E-state index in [9.17, 15) is 0 Å². The number of hydrogen-bond donors (Lipinski definition) is 0. The third-order valence-electron chi connectivity index (χ3n) is 3.52. The van der Waals surface area contributed by atoms with Crippen LogP contribution in [0, 0.1) is 11.3 Å². The summed E-state index contributed by atoms with van der Waals surface area (Å²) in [6.45, 7) is 7.62. The van der Waals surface area contributed by atoms with E-state index in [4.69, 9.17) is 10.2 Å². The summed E-state index contributed by atoms with van der Waals surface area (Å²) in [5.74, 6) is 1.63. The molecule has 2 aromatic rings. The third-order valence-corrected chi connectivity index (χ3v) is 3.52. The molecule has 2 rings (SSSR count). The van der Waals surface area contributed by atoms with Gasteiger partial charge in [-0.05, 0) is 31.0 Å². The number of nitriles is 1. The zero-order valence-corrected chi connectivity index (χ0v) is 12.0. The normalized spacial score (nSPS) is 12.5. The van der Waals surface area contributed by atoms with E-state index < -0.39 is 0 Å². The molecule has 0 bridgehead atoms. The van der Waals surface area contributed by atoms with Crippen molar-refractivity contribution in [3.8, 4) is 6.07 Å². The lowest BCUT2D eigenvalue weighted by Gasteiger charge is -2.13. The molecule has 0 radical (unpaired) electrons. The maximum absolute atomic E-state index is 8.99. The van der Waals surface area contributed by atoms with Crippen molar-refractivity contribution in [1.29, 1.82) is 5.26 Å². The number of fused-ring (bicyclic) bond motifs is 1. The van der Waals surface area contributed by atoms with Crippen LogP contribution in [-0.4, -0.2) is 9.55 Å². The standard InChI is InChI=1S/C16H21N3/c1-4-6-12(3)16-18-14-10-13(11-17)7-8-15(14)19(16)9-5-2/h7-8,10,12H,4-6,9H2,1-3H3. The van der Waals surface area contributed by atoms with Gasteiger partial charge < -0.3 is 4.57 Å². The minimum absolute atomic E-state index is 0.467. The molecule has 0 amide bonds. The number of aromatic nitrogens is 2. The van der Waals surface area contributed by atoms with Crippen molar-refractivity contribution in [3.05, 3.63) is 29.6 Å². The zero-order chi connectivity index (χ0) is 13.8. The van der Waals surface area contributed by atoms with E-state index in [0.717, 1.165) is 36.2 Å². The second-order valence-corrected chi connectivity index (χ2v) is 5.13. The first kappa shape index (κ1) is 13.6. The van der Waals surface area contributed by atoms with Crippen LogP contribution in [0.2, 0.25) is 0 Å². The predicted molar refractivity (Wildman–Crippen MR) is 78.1 cm³/mol. The third kappa shape index (κ3) is 2.63. The molecule has 1 unspecified atom stereocenters. The Morgan fingerprint density at radius 2 is 2.11 bits per heavy atom. The average molecular weight is 255 g/mol. The fourth-order valence-electron chi connectivity index (χ4n) is 2.61. The molecule has 19 heavy (non-hydrogen) atoms. The maximum Gasteiger partial charge on any atom is 0.112 e. The second kappa shape index (κ2) is 5.88. The lowest BCUT2D eigenvalue weighted by molar-refractivity contribution is 0.568. The van der Waals surface area contributed by atoms with Crippen LogP contribution in [0.4, 0.5) is 0 Å². The molecule has 0 aliphatic carbocycles. The number of nitrogens with zero attached hydrogens (tertiary/aromatic N) is 3. The summed E-state index contributed by atoms with van der Waals surface area (Å²) in [6, 6.07) is 7.98. The van der Waals surface area contributed by atoms with Crippen LogP contribution >= 0.6 is 0 Å². The number of aryl methyl sites for hydroxylation is 1. The van der Waals surface area contributed by atoms with Crippen LogP contribution in [0.25, 0.3) is 11.0 Å². The van der Waals surface area contributed by atoms with Crippen molar-refractivity contribution >= 4 is 11.0 Å². The van der Waals surface area contributed by atoms with E-state index in [2.05, 4.69) is 31.4 Å². The Balaban J connectivity index is 2.55. The Morgan fingerprint density at radius 3 is 2.74 bits per heavy atom. The summed E-state index contributed by atoms with van der Waals surface area (Å²) in [5.41, 5.74) is 2.78. The van der Waals surface area contributed by atoms with Gasteiger partial charge in [0.15, 0.2) is 0 Å². The summed E-state index contributed by atoms with van der Waals surface area (Å²) in [7, 11) is 0. The predicted octanol–water partition coefficient (Wildman–Crippen LogP) is 4.22. The van der Waals surface area contributed by atoms with Gasteiger partial charge in [-0.2, -0.15) is 5.26 Å². The van der Waals surface area contributed by atoms with E-state index in [1.165, 1.54) is 6.42 Å². The van der Waals surface area contributed by atoms with Crippen molar-refractivity contribution < 1.29 is 0 Å². The SMILES string of the molecule is CCCC(C)c1nc2cc(C#N)ccc2n1CCC. The number of hydrogen-bond acceptors (Lipinski definition) is 2. The van der Waals surface area contributed by atoms with Crippen LogP contribution in [-0.2, 0) is 6.54 Å². The van der Waals surface area contributed by atoms with Gasteiger partial charge in [-0.3, -0.25) is 0 Å². The molecule has 0 spiro atoms. The minimum atomic E-state index is 0.467. The van der Waals surface area contributed by atoms with Gasteiger partial charge in [-0.15, -0.1) is 0 Å². The van der Waals surface area contributed by atoms with E-state index >= 15 is 0 Å². The Hall–Kier alpha value is -1.82. The van der Waals surface area contributed by atoms with Crippen molar-refractivity contribution in [2.24, 2.45) is 0 Å². The largest absolute Gasteiger partial charge is 0.328 e. The highest BCUT2D eigenvalue weighted by Gasteiger charge is 2.15. The van der Waals surface area contributed by atoms with Gasteiger partial charge in [-0.1, -0.05) is 27.2 Å². The van der Waals surface area contributed by atoms with Gasteiger partial charge in [0.25, 0.3) is 0 Å². The molecule has 0 saturated carbocycles. The molecule has 1 aromatic carbocycles. The Labute approximate surface area is 114 Å². The fraction of sp³-hybridized carbons (Fsp3) is 0.500. The highest BCUT2D eigenvalue weighted by atomic mass is 15.1. The minimum Gasteiger partial charge on any atom is -0.328 e. The molecule has 1 aromatic heterocycles. The quantitative estimate of drug-likeness (QED) is 0.802. The first-order valence-corrected chi connectivity index (χ1v) is 7.11. The van der Waals surface area contributed by atoms with Gasteiger partial charge in [0.05, 0.1) is 22.7 Å². The van der Waals surface area contributed by atoms with Crippen molar-refractivity contribution in [2.75, 3.05) is 0 Å². The molecule has 3 nitrogen and oxygen atoms in total. The topological polar surface area (TPSA) is 41.6 Å². The fourth-order valence-corrected chi connectivity index (χ4v) is 2.61. The molecular formula is C16H21N3. The van der Waals surface area contributed by atoms with Gasteiger partial charge in [0.2, 0.25) is 0 Å². The molecular weight excluding hydrogens is 234 g/mol. The molecule has 3 heteroatoms. The first-order valence-electron chi connectivity index (χ1n) is 7.11. The molecule has 0 N–H and O–H groups in total. The molecule has 1 atom stereocenters. The number of rotatable bonds is 5. The molecule has 0 aliphatic heterocycles. The van der Waals surface area contributed by atoms with Crippen molar-refractivity contribution in [3.63, 3.8) is 0 Å². The van der Waals surface area contributed by atoms with Crippen LogP contribution in [0.3, 0.4) is 0 Å². The van der Waals surface area contributed by atoms with Crippen LogP contribution in [0.1, 0.15) is 57.3 Å². The Morgan fingerprint density at radius 1 is 1.32 bits per heavy atom. The van der Waals surface area contributed by atoms with Gasteiger partial charge in [0, 0.05) is 12.5 Å². The summed E-state index contributed by atoms with van der Waals surface area (Å²) in [5, 5.41) is 8.99. The van der Waals surface area contributed by atoms with Gasteiger partial charge in [0.1, 0.15) is 5.82 Å². The van der Waals surface area contributed by atoms with Crippen molar-refractivity contribution in [1.82, 2.24) is 9.55 Å². The van der Waals surface area contributed by atoms with Crippen LogP contribution in [0.5, 0.6) is 0 Å². The Bertz CT molecular complexity index is 604. The summed E-state index contributed by atoms with van der Waals surface area (Å²) >= 11 is 0. The summed E-state index contributed by atoms with van der Waals surface area (Å²) in [4.78, 5) is 4.77. The number of benzene rings is 1. The zero-order valence-electron chi connectivity index (χ0n) is 12.0. The highest BCUT2D eigenvalue weighted by Crippen LogP contribution is 2.26. The van der Waals surface area contributed by atoms with Crippen molar-refractivity contribution in [2.45, 2.75) is 52.5 Å². The summed E-state index contributed by atoms with van der Waals surface area (Å²) < 4.78 is 2.32. The lowest BCUT2D eigenvalue weighted by atomic mass is 10.1. The Kier molecular flexibility index (Phi) is 4.21. The molecule has 1 heterocycles. The monoisotopic (exact) mass is 255 g/mol. The smallest absolute Gasteiger partial charge is 0.112 e. The molecule has 0 aliphatic rings. The van der Waals surface area contributed by atoms with Crippen LogP contribution in [0.15, 0.2) is 18.2 Å². The maximum atomic E-state index is 8.99. The first-order chi connectivity index (χ1) is 9.21. The summed E-state index contributed by atoms with van der Waals surface area (Å²) in [6.07, 6.45) is 3.41. The second-order valence-electron chi connectivity index (χ2n) is 5.13. The van der Waals surface area contributed by atoms with Crippen LogP contribution < -0.4 is 0 Å². The van der Waals surface area contributed by atoms with Gasteiger partial charge >= 0.3 is 0 Å². The van der Waals surface area contributed by atoms with E-state index in [0.29, 0.717) is 11.5 Å². The average Bonchev–Trinajstić information content (AvgIpc) is 2.77. The number of imidazole rings is 1. The van der Waals surface area contributed by atoms with E-state index in [1.54, 1.807) is 0 Å². The van der Waals surface area contributed by atoms with E-state index in [1.807, 2.05) is 18.2 Å². The lowest BCUT2D eigenvalue weighted by Crippen LogP contribution is -2.06.